The number of unbranched alkanes of at least 4 members (excludes halogenated alkanes) is 9. The molecule has 18 heavy (non-hydrogen) atoms. The predicted octanol–water partition coefficient (Wildman–Crippen LogP) is 5.37. The summed E-state index contributed by atoms with van der Waals surface area (Å²) >= 11 is 0. The van der Waals surface area contributed by atoms with E-state index < -0.39 is 8.32 Å². The molecule has 0 aliphatic heterocycles. The zero-order valence-electron chi connectivity index (χ0n) is 12.8. The molecule has 0 heterocycles. The lowest BCUT2D eigenvalue weighted by molar-refractivity contribution is 0.298. The second-order valence-corrected chi connectivity index (χ2v) is 10.6. The van der Waals surface area contributed by atoms with Gasteiger partial charge in [-0.3, -0.25) is 0 Å². The molecule has 0 atom stereocenters. The molecular formula is C16H32OSi. The van der Waals surface area contributed by atoms with E-state index in [1.165, 1.54) is 57.8 Å². The van der Waals surface area contributed by atoms with Crippen molar-refractivity contribution in [2.45, 2.75) is 83.8 Å². The van der Waals surface area contributed by atoms with Gasteiger partial charge < -0.3 is 4.43 Å². The maximum absolute atomic E-state index is 5.83. The van der Waals surface area contributed by atoms with Crippen LogP contribution in [0.4, 0.5) is 0 Å². The van der Waals surface area contributed by atoms with Gasteiger partial charge in [-0.2, -0.15) is 0 Å². The normalized spacial score (nSPS) is 11.4. The van der Waals surface area contributed by atoms with Gasteiger partial charge in [0.25, 0.3) is 0 Å². The zero-order valence-corrected chi connectivity index (χ0v) is 13.8. The standard InChI is InChI=1S/C16H32OSi/c1-5-6-7-8-9-10-11-12-13-14-15-16-17-18(2,3)4/h1H,6-16H2,2-4H3. The van der Waals surface area contributed by atoms with Crippen LogP contribution in [0.2, 0.25) is 19.6 Å². The molecule has 0 N–H and O–H groups in total. The summed E-state index contributed by atoms with van der Waals surface area (Å²) in [6, 6.07) is 0. The van der Waals surface area contributed by atoms with Gasteiger partial charge in [0.15, 0.2) is 8.32 Å². The predicted molar refractivity (Wildman–Crippen MR) is 84.3 cm³/mol. The summed E-state index contributed by atoms with van der Waals surface area (Å²) < 4.78 is 5.83. The van der Waals surface area contributed by atoms with Crippen LogP contribution in [-0.2, 0) is 4.43 Å². The fourth-order valence-corrected chi connectivity index (χ4v) is 2.70. The van der Waals surface area contributed by atoms with Crippen LogP contribution >= 0.6 is 0 Å². The first-order valence-corrected chi connectivity index (χ1v) is 11.0. The van der Waals surface area contributed by atoms with E-state index >= 15 is 0 Å². The van der Waals surface area contributed by atoms with Gasteiger partial charge in [-0.15, -0.1) is 12.3 Å². The first-order valence-electron chi connectivity index (χ1n) is 7.64. The van der Waals surface area contributed by atoms with Crippen LogP contribution in [0.1, 0.15) is 64.2 Å². The maximum atomic E-state index is 5.83. The molecule has 0 saturated carbocycles. The van der Waals surface area contributed by atoms with Crippen LogP contribution in [-0.4, -0.2) is 14.9 Å². The minimum atomic E-state index is -1.27. The van der Waals surface area contributed by atoms with Crippen molar-refractivity contribution in [1.29, 1.82) is 0 Å². The molecule has 0 bridgehead atoms. The minimum absolute atomic E-state index is 0.955. The Morgan fingerprint density at radius 3 is 1.67 bits per heavy atom. The molecule has 0 unspecified atom stereocenters. The summed E-state index contributed by atoms with van der Waals surface area (Å²) in [5.41, 5.74) is 0. The fraction of sp³-hybridized carbons (Fsp3) is 0.875. The molecular weight excluding hydrogens is 236 g/mol. The smallest absolute Gasteiger partial charge is 0.183 e. The highest BCUT2D eigenvalue weighted by atomic mass is 28.4. The average Bonchev–Trinajstić information content (AvgIpc) is 2.29. The van der Waals surface area contributed by atoms with Gasteiger partial charge in [-0.05, 0) is 32.5 Å². The first-order chi connectivity index (χ1) is 8.56. The van der Waals surface area contributed by atoms with Crippen molar-refractivity contribution in [3.63, 3.8) is 0 Å². The SMILES string of the molecule is C#CCCCCCCCCCCCO[Si](C)(C)C. The van der Waals surface area contributed by atoms with Gasteiger partial charge in [0.2, 0.25) is 0 Å². The van der Waals surface area contributed by atoms with Gasteiger partial charge in [-0.1, -0.05) is 44.9 Å². The lowest BCUT2D eigenvalue weighted by atomic mass is 10.1. The Morgan fingerprint density at radius 2 is 1.22 bits per heavy atom. The summed E-state index contributed by atoms with van der Waals surface area (Å²) in [4.78, 5) is 0. The monoisotopic (exact) mass is 268 g/mol. The van der Waals surface area contributed by atoms with Crippen molar-refractivity contribution in [2.75, 3.05) is 6.61 Å². The molecule has 2 heteroatoms. The van der Waals surface area contributed by atoms with Crippen LogP contribution in [0.25, 0.3) is 0 Å². The van der Waals surface area contributed by atoms with Crippen LogP contribution in [0.15, 0.2) is 0 Å². The van der Waals surface area contributed by atoms with Crippen molar-refractivity contribution in [2.24, 2.45) is 0 Å². The van der Waals surface area contributed by atoms with E-state index in [1.807, 2.05) is 0 Å². The fourth-order valence-electron chi connectivity index (χ4n) is 1.94. The number of hydrogen-bond acceptors (Lipinski definition) is 1. The van der Waals surface area contributed by atoms with E-state index in [-0.39, 0.29) is 0 Å². The number of hydrogen-bond donors (Lipinski definition) is 0. The highest BCUT2D eigenvalue weighted by Crippen LogP contribution is 2.11. The molecule has 0 aromatic heterocycles. The van der Waals surface area contributed by atoms with E-state index in [9.17, 15) is 0 Å². The van der Waals surface area contributed by atoms with E-state index in [1.54, 1.807) is 0 Å². The van der Waals surface area contributed by atoms with E-state index in [0.717, 1.165) is 13.0 Å². The highest BCUT2D eigenvalue weighted by Gasteiger charge is 2.12. The van der Waals surface area contributed by atoms with Gasteiger partial charge in [-0.25, -0.2) is 0 Å². The molecule has 0 aliphatic carbocycles. The molecule has 106 valence electrons. The van der Waals surface area contributed by atoms with Gasteiger partial charge in [0.1, 0.15) is 0 Å². The Balaban J connectivity index is 3.02. The highest BCUT2D eigenvalue weighted by molar-refractivity contribution is 6.69. The van der Waals surface area contributed by atoms with Gasteiger partial charge >= 0.3 is 0 Å². The summed E-state index contributed by atoms with van der Waals surface area (Å²) in [5.74, 6) is 2.70. The Bertz CT molecular complexity index is 212. The third-order valence-corrected chi connectivity index (χ3v) is 4.07. The first kappa shape index (κ1) is 17.7. The average molecular weight is 269 g/mol. The Kier molecular flexibility index (Phi) is 11.6. The second-order valence-electron chi connectivity index (χ2n) is 6.10. The summed E-state index contributed by atoms with van der Waals surface area (Å²) in [6.07, 6.45) is 18.2. The maximum Gasteiger partial charge on any atom is 0.183 e. The van der Waals surface area contributed by atoms with E-state index in [4.69, 9.17) is 10.8 Å². The van der Waals surface area contributed by atoms with E-state index in [0.29, 0.717) is 0 Å². The summed E-state index contributed by atoms with van der Waals surface area (Å²) in [5, 5.41) is 0. The third-order valence-electron chi connectivity index (χ3n) is 3.00. The molecule has 0 aromatic rings. The molecule has 1 nitrogen and oxygen atoms in total. The minimum Gasteiger partial charge on any atom is -0.418 e. The summed E-state index contributed by atoms with van der Waals surface area (Å²) in [6.45, 7) is 7.75. The van der Waals surface area contributed by atoms with Crippen molar-refractivity contribution < 1.29 is 4.43 Å². The Hall–Kier alpha value is -0.263. The van der Waals surface area contributed by atoms with Crippen molar-refractivity contribution in [1.82, 2.24) is 0 Å². The third kappa shape index (κ3) is 15.7. The quantitative estimate of drug-likeness (QED) is 0.262. The Morgan fingerprint density at radius 1 is 0.778 bits per heavy atom. The molecule has 0 amide bonds. The van der Waals surface area contributed by atoms with Crippen LogP contribution < -0.4 is 0 Å². The molecule has 0 fully saturated rings. The second kappa shape index (κ2) is 11.8. The topological polar surface area (TPSA) is 9.23 Å². The van der Waals surface area contributed by atoms with Crippen molar-refractivity contribution in [3.8, 4) is 12.3 Å². The lowest BCUT2D eigenvalue weighted by Crippen LogP contribution is -2.25. The zero-order chi connectivity index (χ0) is 13.7. The summed E-state index contributed by atoms with van der Waals surface area (Å²) in [7, 11) is -1.27. The number of terminal acetylenes is 1. The lowest BCUT2D eigenvalue weighted by Gasteiger charge is -2.16. The van der Waals surface area contributed by atoms with Crippen LogP contribution in [0.5, 0.6) is 0 Å². The number of rotatable bonds is 12. The van der Waals surface area contributed by atoms with E-state index in [2.05, 4.69) is 25.6 Å². The molecule has 0 aliphatic rings. The largest absolute Gasteiger partial charge is 0.418 e. The van der Waals surface area contributed by atoms with Crippen molar-refractivity contribution >= 4 is 8.32 Å². The molecule has 0 spiro atoms. The molecule has 0 saturated heterocycles. The van der Waals surface area contributed by atoms with Gasteiger partial charge in [0.05, 0.1) is 0 Å². The van der Waals surface area contributed by atoms with Crippen LogP contribution in [0.3, 0.4) is 0 Å². The van der Waals surface area contributed by atoms with Crippen molar-refractivity contribution in [3.05, 3.63) is 0 Å². The Labute approximate surface area is 116 Å². The van der Waals surface area contributed by atoms with Gasteiger partial charge in [0, 0.05) is 13.0 Å². The molecule has 0 aromatic carbocycles. The van der Waals surface area contributed by atoms with Crippen LogP contribution in [0, 0.1) is 12.3 Å². The molecule has 0 rings (SSSR count). The molecule has 0 radical (unpaired) electrons.